The molecule has 6 heteroatoms. The van der Waals surface area contributed by atoms with Crippen molar-refractivity contribution in [3.8, 4) is 16.8 Å². The number of furan rings is 1. The van der Waals surface area contributed by atoms with Crippen LogP contribution in [0.3, 0.4) is 0 Å². The number of amidine groups is 1. The molecule has 3 atom stereocenters. The predicted molar refractivity (Wildman–Crippen MR) is 239 cm³/mol. The molecule has 2 N–H and O–H groups in total. The summed E-state index contributed by atoms with van der Waals surface area (Å²) in [4.78, 5) is 5.29. The average molecular weight is 753 g/mol. The minimum Gasteiger partial charge on any atom is -0.456 e. The molecular weight excluding hydrogens is 717 g/mol. The highest BCUT2D eigenvalue weighted by molar-refractivity contribution is 7.26. The molecule has 4 heterocycles. The van der Waals surface area contributed by atoms with E-state index < -0.39 is 0 Å². The molecule has 0 radical (unpaired) electrons. The number of aliphatic imine (C=N–C) groups is 1. The molecule has 5 nitrogen and oxygen atoms in total. The van der Waals surface area contributed by atoms with E-state index in [0.29, 0.717) is 5.92 Å². The van der Waals surface area contributed by atoms with Gasteiger partial charge in [0.15, 0.2) is 0 Å². The molecule has 2 aliphatic rings. The number of nitrogens with zero attached hydrogens (tertiary/aromatic N) is 2. The van der Waals surface area contributed by atoms with E-state index in [1.54, 1.807) is 0 Å². The molecule has 3 unspecified atom stereocenters. The van der Waals surface area contributed by atoms with Crippen molar-refractivity contribution in [3.63, 3.8) is 0 Å². The Labute approximate surface area is 332 Å². The Kier molecular flexibility index (Phi) is 7.37. The van der Waals surface area contributed by atoms with Crippen molar-refractivity contribution in [2.75, 3.05) is 0 Å². The largest absolute Gasteiger partial charge is 0.456 e. The molecule has 57 heavy (non-hydrogen) atoms. The van der Waals surface area contributed by atoms with Crippen LogP contribution in [0.15, 0.2) is 185 Å². The maximum Gasteiger partial charge on any atom is 0.136 e. The Morgan fingerprint density at radius 2 is 1.39 bits per heavy atom. The number of thiophene rings is 1. The van der Waals surface area contributed by atoms with E-state index >= 15 is 0 Å². The zero-order valence-corrected chi connectivity index (χ0v) is 31.7. The number of hydrogen-bond acceptors (Lipinski definition) is 5. The van der Waals surface area contributed by atoms with Gasteiger partial charge in [-0.05, 0) is 83.8 Å². The number of rotatable bonds is 5. The van der Waals surface area contributed by atoms with Gasteiger partial charge in [0.25, 0.3) is 0 Å². The highest BCUT2D eigenvalue weighted by Crippen LogP contribution is 2.41. The highest BCUT2D eigenvalue weighted by atomic mass is 32.1. The minimum atomic E-state index is -0.142. The lowest BCUT2D eigenvalue weighted by atomic mass is 9.95. The first-order valence-electron chi connectivity index (χ1n) is 19.6. The van der Waals surface area contributed by atoms with Crippen LogP contribution in [0.25, 0.3) is 80.7 Å². The predicted octanol–water partition coefficient (Wildman–Crippen LogP) is 12.8. The monoisotopic (exact) mass is 752 g/mol. The van der Waals surface area contributed by atoms with Gasteiger partial charge >= 0.3 is 0 Å². The number of fused-ring (bicyclic) bond motifs is 9. The van der Waals surface area contributed by atoms with E-state index in [2.05, 4.69) is 191 Å². The molecule has 0 fully saturated rings. The summed E-state index contributed by atoms with van der Waals surface area (Å²) in [6, 6.07) is 54.6. The van der Waals surface area contributed by atoms with Gasteiger partial charge < -0.3 is 14.3 Å². The highest BCUT2D eigenvalue weighted by Gasteiger charge is 2.30. The lowest BCUT2D eigenvalue weighted by Crippen LogP contribution is -2.54. The summed E-state index contributed by atoms with van der Waals surface area (Å²) >= 11 is 1.84. The Balaban J connectivity index is 0.925. The normalized spacial score (nSPS) is 18.3. The van der Waals surface area contributed by atoms with Gasteiger partial charge in [-0.3, -0.25) is 5.32 Å². The van der Waals surface area contributed by atoms with E-state index in [0.717, 1.165) is 56.6 Å². The van der Waals surface area contributed by atoms with Crippen LogP contribution in [-0.4, -0.2) is 16.6 Å². The Bertz CT molecular complexity index is 3260. The Morgan fingerprint density at radius 3 is 2.21 bits per heavy atom. The van der Waals surface area contributed by atoms with Crippen molar-refractivity contribution in [1.82, 2.24) is 15.2 Å². The topological polar surface area (TPSA) is 54.5 Å². The van der Waals surface area contributed by atoms with Gasteiger partial charge in [-0.1, -0.05) is 115 Å². The second kappa shape index (κ2) is 12.9. The lowest BCUT2D eigenvalue weighted by molar-refractivity contribution is 0.328. The quantitative estimate of drug-likeness (QED) is 0.184. The van der Waals surface area contributed by atoms with Gasteiger partial charge in [-0.25, -0.2) is 4.99 Å². The fourth-order valence-electron chi connectivity index (χ4n) is 9.04. The zero-order valence-electron chi connectivity index (χ0n) is 30.9. The molecule has 1 aliphatic carbocycles. The van der Waals surface area contributed by atoms with Gasteiger partial charge in [0, 0.05) is 58.9 Å². The van der Waals surface area contributed by atoms with Gasteiger partial charge in [-0.15, -0.1) is 11.3 Å². The van der Waals surface area contributed by atoms with Crippen LogP contribution < -0.4 is 10.6 Å². The maximum absolute atomic E-state index is 6.54. The summed E-state index contributed by atoms with van der Waals surface area (Å²) in [6.07, 6.45) is 9.72. The van der Waals surface area contributed by atoms with Crippen molar-refractivity contribution in [2.24, 2.45) is 10.9 Å². The molecule has 10 aromatic rings. The Morgan fingerprint density at radius 1 is 0.614 bits per heavy atom. The summed E-state index contributed by atoms with van der Waals surface area (Å²) in [7, 11) is 0. The average Bonchev–Trinajstić information content (AvgIpc) is 3.95. The molecule has 0 saturated carbocycles. The third kappa shape index (κ3) is 5.29. The van der Waals surface area contributed by atoms with Crippen LogP contribution in [0.5, 0.6) is 0 Å². The number of hydrogen-bond donors (Lipinski definition) is 2. The third-order valence-electron chi connectivity index (χ3n) is 11.8. The number of para-hydroxylation sites is 2. The van der Waals surface area contributed by atoms with Crippen LogP contribution in [0, 0.1) is 5.92 Å². The molecule has 0 amide bonds. The van der Waals surface area contributed by atoms with Crippen molar-refractivity contribution in [3.05, 3.63) is 187 Å². The van der Waals surface area contributed by atoms with Crippen LogP contribution in [0.4, 0.5) is 0 Å². The first-order chi connectivity index (χ1) is 28.2. The molecule has 7 aromatic carbocycles. The molecule has 0 spiro atoms. The van der Waals surface area contributed by atoms with Gasteiger partial charge in [-0.2, -0.15) is 0 Å². The van der Waals surface area contributed by atoms with Crippen LogP contribution in [0.1, 0.15) is 23.7 Å². The van der Waals surface area contributed by atoms with Crippen molar-refractivity contribution >= 4 is 81.1 Å². The fourth-order valence-corrected chi connectivity index (χ4v) is 10.2. The summed E-state index contributed by atoms with van der Waals surface area (Å²) in [5.74, 6) is 1.26. The van der Waals surface area contributed by atoms with E-state index in [-0.39, 0.29) is 12.3 Å². The number of nitrogens with one attached hydrogen (secondary N) is 2. The van der Waals surface area contributed by atoms with Crippen LogP contribution in [-0.2, 0) is 0 Å². The zero-order chi connectivity index (χ0) is 37.5. The maximum atomic E-state index is 6.54. The second-order valence-electron chi connectivity index (χ2n) is 15.2. The van der Waals surface area contributed by atoms with Crippen molar-refractivity contribution < 1.29 is 4.42 Å². The molecule has 0 saturated heterocycles. The summed E-state index contributed by atoms with van der Waals surface area (Å²) < 4.78 is 11.4. The molecular formula is C51H36N4OS. The summed E-state index contributed by atoms with van der Waals surface area (Å²) in [5, 5.41) is 14.9. The molecule has 12 rings (SSSR count). The van der Waals surface area contributed by atoms with Crippen molar-refractivity contribution in [1.29, 1.82) is 0 Å². The van der Waals surface area contributed by atoms with Gasteiger partial charge in [0.2, 0.25) is 0 Å². The second-order valence-corrected chi connectivity index (χ2v) is 16.2. The first kappa shape index (κ1) is 32.5. The van der Waals surface area contributed by atoms with Crippen LogP contribution in [0.2, 0.25) is 0 Å². The number of allylic oxidation sites excluding steroid dienone is 3. The fraction of sp³-hybridized carbons (Fsp3) is 0.0784. The SMILES string of the molecule is C1=CCC(C2NC(c3cccc4c3sc3ccc(-c5ccc6c(c5)oc5ccc(-n7c8ccccc8c8ccccc87)cc56)cc34)=NC(c3ccccc3)N2)C=C1. The smallest absolute Gasteiger partial charge is 0.136 e. The number of aromatic nitrogens is 1. The van der Waals surface area contributed by atoms with E-state index in [4.69, 9.17) is 9.41 Å². The van der Waals surface area contributed by atoms with E-state index in [1.807, 2.05) is 11.3 Å². The minimum absolute atomic E-state index is 0.0496. The molecule has 3 aromatic heterocycles. The van der Waals surface area contributed by atoms with E-state index in [9.17, 15) is 0 Å². The third-order valence-corrected chi connectivity index (χ3v) is 13.0. The first-order valence-corrected chi connectivity index (χ1v) is 20.4. The number of benzene rings is 7. The molecule has 0 bridgehead atoms. The standard InChI is InChI=1S/C51H36N4OS/c1-3-12-31(13-4-1)49-52-50(32-14-5-2-6-15-32)54-51(53-49)40-19-11-18-39-42-28-33(23-27-47(42)57-48(39)40)34-22-25-38-41-30-35(24-26-45(41)56-46(38)29-34)55-43-20-9-7-16-36(43)37-17-8-10-21-44(37)55/h1-14,16-30,32,49-50,52H,15H2,(H,53,54). The molecule has 1 aliphatic heterocycles. The molecule has 272 valence electrons. The van der Waals surface area contributed by atoms with E-state index in [1.165, 1.54) is 47.5 Å². The summed E-state index contributed by atoms with van der Waals surface area (Å²) in [5.41, 5.74) is 9.91. The van der Waals surface area contributed by atoms with Gasteiger partial charge in [0.1, 0.15) is 23.2 Å². The van der Waals surface area contributed by atoms with Crippen molar-refractivity contribution in [2.45, 2.75) is 18.8 Å². The van der Waals surface area contributed by atoms with Crippen LogP contribution >= 0.6 is 11.3 Å². The lowest BCUT2D eigenvalue weighted by Gasteiger charge is -2.36. The Hall–Kier alpha value is -6.73. The van der Waals surface area contributed by atoms with Gasteiger partial charge in [0.05, 0.1) is 17.2 Å². The summed E-state index contributed by atoms with van der Waals surface area (Å²) in [6.45, 7) is 0.